The van der Waals surface area contributed by atoms with Gasteiger partial charge in [0.05, 0.1) is 6.54 Å². The summed E-state index contributed by atoms with van der Waals surface area (Å²) >= 11 is 6.28. The van der Waals surface area contributed by atoms with Gasteiger partial charge in [-0.1, -0.05) is 25.4 Å². The normalized spacial score (nSPS) is 11.1. The number of halogens is 1. The molecule has 0 saturated carbocycles. The Morgan fingerprint density at radius 1 is 1.30 bits per heavy atom. The second kappa shape index (κ2) is 6.18. The molecule has 2 rings (SSSR count). The molecule has 3 N–H and O–H groups in total. The summed E-state index contributed by atoms with van der Waals surface area (Å²) in [6.07, 6.45) is 0. The molecule has 0 aliphatic rings. The maximum atomic E-state index is 11.4. The monoisotopic (exact) mass is 293 g/mol. The van der Waals surface area contributed by atoms with Crippen LogP contribution in [0.15, 0.2) is 18.2 Å². The van der Waals surface area contributed by atoms with Crippen molar-refractivity contribution in [1.82, 2.24) is 15.6 Å². The van der Waals surface area contributed by atoms with Crippen LogP contribution >= 0.6 is 11.6 Å². The first-order valence-electron chi connectivity index (χ1n) is 6.84. The maximum absolute atomic E-state index is 11.4. The molecule has 4 nitrogen and oxygen atoms in total. The molecule has 0 fully saturated rings. The van der Waals surface area contributed by atoms with Crippen LogP contribution in [0.2, 0.25) is 5.02 Å². The number of benzene rings is 1. The predicted molar refractivity (Wildman–Crippen MR) is 83.3 cm³/mol. The highest BCUT2D eigenvalue weighted by atomic mass is 35.5. The first kappa shape index (κ1) is 14.7. The fourth-order valence-corrected chi connectivity index (χ4v) is 2.56. The van der Waals surface area contributed by atoms with Gasteiger partial charge in [-0.05, 0) is 36.6 Å². The topological polar surface area (TPSA) is 56.9 Å². The summed E-state index contributed by atoms with van der Waals surface area (Å²) in [6.45, 7) is 7.21. The van der Waals surface area contributed by atoms with Crippen molar-refractivity contribution in [2.45, 2.75) is 33.2 Å². The van der Waals surface area contributed by atoms with Crippen molar-refractivity contribution >= 4 is 28.5 Å². The lowest BCUT2D eigenvalue weighted by molar-refractivity contribution is 0.241. The molecule has 1 aromatic heterocycles. The summed E-state index contributed by atoms with van der Waals surface area (Å²) in [6, 6.07) is 5.90. The standard InChI is InChI=1S/C15H20ClN3O/c1-4-17-15(20)18-8-11-5-10-6-13(16)12(9(2)3)7-14(10)19-11/h5-7,9,19H,4,8H2,1-3H3,(H2,17,18,20). The SMILES string of the molecule is CCNC(=O)NCc1cc2cc(Cl)c(C(C)C)cc2[nH]1. The minimum atomic E-state index is -0.160. The number of aromatic amines is 1. The summed E-state index contributed by atoms with van der Waals surface area (Å²) < 4.78 is 0. The molecule has 0 spiro atoms. The van der Waals surface area contributed by atoms with Crippen LogP contribution in [0.25, 0.3) is 10.9 Å². The van der Waals surface area contributed by atoms with Gasteiger partial charge in [0, 0.05) is 28.2 Å². The van der Waals surface area contributed by atoms with Gasteiger partial charge < -0.3 is 15.6 Å². The van der Waals surface area contributed by atoms with E-state index in [2.05, 4.69) is 35.5 Å². The predicted octanol–water partition coefficient (Wildman–Crippen LogP) is 3.76. The van der Waals surface area contributed by atoms with Crippen LogP contribution in [0.3, 0.4) is 0 Å². The van der Waals surface area contributed by atoms with Gasteiger partial charge in [-0.3, -0.25) is 0 Å². The molecule has 0 radical (unpaired) electrons. The molecule has 5 heteroatoms. The van der Waals surface area contributed by atoms with Crippen LogP contribution in [-0.2, 0) is 6.54 Å². The number of urea groups is 1. The summed E-state index contributed by atoms with van der Waals surface area (Å²) in [7, 11) is 0. The smallest absolute Gasteiger partial charge is 0.315 e. The molecule has 0 bridgehead atoms. The highest BCUT2D eigenvalue weighted by Gasteiger charge is 2.09. The van der Waals surface area contributed by atoms with E-state index in [1.165, 1.54) is 0 Å². The number of carbonyl (C=O) groups is 1. The zero-order chi connectivity index (χ0) is 14.7. The van der Waals surface area contributed by atoms with Crippen molar-refractivity contribution in [1.29, 1.82) is 0 Å². The molecule has 1 heterocycles. The quantitative estimate of drug-likeness (QED) is 0.790. The molecule has 0 aliphatic heterocycles. The van der Waals surface area contributed by atoms with E-state index in [9.17, 15) is 4.79 Å². The number of fused-ring (bicyclic) bond motifs is 1. The van der Waals surface area contributed by atoms with E-state index < -0.39 is 0 Å². The first-order chi connectivity index (χ1) is 9.51. The van der Waals surface area contributed by atoms with Crippen LogP contribution in [0.1, 0.15) is 37.9 Å². The number of hydrogen-bond donors (Lipinski definition) is 3. The number of amides is 2. The van der Waals surface area contributed by atoms with Gasteiger partial charge in [-0.25, -0.2) is 4.79 Å². The molecule has 2 amide bonds. The third-order valence-corrected chi connectivity index (χ3v) is 3.52. The Labute approximate surface area is 123 Å². The summed E-state index contributed by atoms with van der Waals surface area (Å²) in [4.78, 5) is 14.7. The first-order valence-corrected chi connectivity index (χ1v) is 7.21. The number of rotatable bonds is 4. The lowest BCUT2D eigenvalue weighted by Gasteiger charge is -2.07. The van der Waals surface area contributed by atoms with E-state index in [1.807, 2.05) is 19.1 Å². The Bertz CT molecular complexity index is 619. The van der Waals surface area contributed by atoms with Gasteiger partial charge in [0.25, 0.3) is 0 Å². The Hall–Kier alpha value is -1.68. The average molecular weight is 294 g/mol. The van der Waals surface area contributed by atoms with E-state index in [4.69, 9.17) is 11.6 Å². The van der Waals surface area contributed by atoms with Crippen LogP contribution in [-0.4, -0.2) is 17.6 Å². The van der Waals surface area contributed by atoms with E-state index in [0.29, 0.717) is 19.0 Å². The summed E-state index contributed by atoms with van der Waals surface area (Å²) in [5.41, 5.74) is 3.14. The minimum absolute atomic E-state index is 0.160. The van der Waals surface area contributed by atoms with Crippen LogP contribution in [0.4, 0.5) is 4.79 Å². The van der Waals surface area contributed by atoms with Gasteiger partial charge in [0.2, 0.25) is 0 Å². The van der Waals surface area contributed by atoms with Gasteiger partial charge in [0.15, 0.2) is 0 Å². The molecule has 0 atom stereocenters. The molecule has 0 aliphatic carbocycles. The van der Waals surface area contributed by atoms with Crippen LogP contribution in [0.5, 0.6) is 0 Å². The van der Waals surface area contributed by atoms with E-state index >= 15 is 0 Å². The third-order valence-electron chi connectivity index (χ3n) is 3.19. The molecule has 108 valence electrons. The highest BCUT2D eigenvalue weighted by Crippen LogP contribution is 2.29. The molecular formula is C15H20ClN3O. The highest BCUT2D eigenvalue weighted by molar-refractivity contribution is 6.32. The molecule has 20 heavy (non-hydrogen) atoms. The Morgan fingerprint density at radius 2 is 2.05 bits per heavy atom. The molecular weight excluding hydrogens is 274 g/mol. The van der Waals surface area contributed by atoms with Crippen LogP contribution < -0.4 is 10.6 Å². The van der Waals surface area contributed by atoms with E-state index in [1.54, 1.807) is 0 Å². The fourth-order valence-electron chi connectivity index (χ4n) is 2.17. The van der Waals surface area contributed by atoms with Crippen molar-refractivity contribution in [3.05, 3.63) is 34.5 Å². The van der Waals surface area contributed by atoms with Crippen molar-refractivity contribution in [3.63, 3.8) is 0 Å². The summed E-state index contributed by atoms with van der Waals surface area (Å²) in [5.74, 6) is 0.382. The fraction of sp³-hybridized carbons (Fsp3) is 0.400. The van der Waals surface area contributed by atoms with Crippen molar-refractivity contribution in [2.24, 2.45) is 0 Å². The number of H-pyrrole nitrogens is 1. The summed E-state index contributed by atoms with van der Waals surface area (Å²) in [5, 5.41) is 7.35. The third kappa shape index (κ3) is 3.25. The second-order valence-electron chi connectivity index (χ2n) is 5.12. The Balaban J connectivity index is 2.19. The van der Waals surface area contributed by atoms with Gasteiger partial charge >= 0.3 is 6.03 Å². The number of aromatic nitrogens is 1. The lowest BCUT2D eigenvalue weighted by atomic mass is 10.0. The van der Waals surface area contributed by atoms with Crippen LogP contribution in [0, 0.1) is 0 Å². The van der Waals surface area contributed by atoms with E-state index in [-0.39, 0.29) is 6.03 Å². The minimum Gasteiger partial charge on any atom is -0.357 e. The van der Waals surface area contributed by atoms with Gasteiger partial charge in [0.1, 0.15) is 0 Å². The molecule has 1 aromatic carbocycles. The number of hydrogen-bond acceptors (Lipinski definition) is 1. The lowest BCUT2D eigenvalue weighted by Crippen LogP contribution is -2.34. The molecule has 0 unspecified atom stereocenters. The van der Waals surface area contributed by atoms with Gasteiger partial charge in [-0.15, -0.1) is 0 Å². The zero-order valence-electron chi connectivity index (χ0n) is 12.0. The zero-order valence-corrected chi connectivity index (χ0v) is 12.8. The average Bonchev–Trinajstić information content (AvgIpc) is 2.77. The van der Waals surface area contributed by atoms with Gasteiger partial charge in [-0.2, -0.15) is 0 Å². The van der Waals surface area contributed by atoms with E-state index in [0.717, 1.165) is 27.2 Å². The van der Waals surface area contributed by atoms with Crippen molar-refractivity contribution < 1.29 is 4.79 Å². The Morgan fingerprint density at radius 3 is 2.70 bits per heavy atom. The second-order valence-corrected chi connectivity index (χ2v) is 5.53. The number of nitrogens with one attached hydrogen (secondary N) is 3. The van der Waals surface area contributed by atoms with Crippen molar-refractivity contribution in [3.8, 4) is 0 Å². The Kier molecular flexibility index (Phi) is 4.55. The number of carbonyl (C=O) groups excluding carboxylic acids is 1. The molecule has 0 saturated heterocycles. The largest absolute Gasteiger partial charge is 0.357 e. The van der Waals surface area contributed by atoms with Crippen molar-refractivity contribution in [2.75, 3.05) is 6.54 Å². The molecule has 2 aromatic rings. The maximum Gasteiger partial charge on any atom is 0.315 e.